The van der Waals surface area contributed by atoms with E-state index in [0.29, 0.717) is 0 Å². The predicted octanol–water partition coefficient (Wildman–Crippen LogP) is 6.83. The van der Waals surface area contributed by atoms with Gasteiger partial charge in [0.05, 0.1) is 5.52 Å². The van der Waals surface area contributed by atoms with E-state index < -0.39 is 0 Å². The molecule has 5 heteroatoms. The summed E-state index contributed by atoms with van der Waals surface area (Å²) in [6.45, 7) is 0. The standard InChI is InChI=1S/C26H13N3O2/c1-2-6-21-14(4-1)17-11-19-18-10-16-15-5-3-7-27-25(15)26-28-8-9-29(26)20(16)12-22(18)31-24(19)13-23(17)30-21/h1-13H. The summed E-state index contributed by atoms with van der Waals surface area (Å²) in [5, 5.41) is 6.59. The number of benzene rings is 3. The fraction of sp³-hybridized carbons (Fsp3) is 0. The maximum Gasteiger partial charge on any atom is 0.163 e. The molecule has 0 fully saturated rings. The van der Waals surface area contributed by atoms with Crippen molar-refractivity contribution in [2.75, 3.05) is 0 Å². The number of furan rings is 2. The SMILES string of the molecule is c1ccc2c(c1)oc1cc3oc4cc5c(cc4c3cc12)c1cccnc1c1nccn51. The van der Waals surface area contributed by atoms with Crippen LogP contribution in [0.4, 0.5) is 0 Å². The third-order valence-corrected chi connectivity index (χ3v) is 6.30. The van der Waals surface area contributed by atoms with Gasteiger partial charge in [0.1, 0.15) is 27.8 Å². The molecule has 0 aliphatic rings. The van der Waals surface area contributed by atoms with Gasteiger partial charge >= 0.3 is 0 Å². The molecule has 31 heavy (non-hydrogen) atoms. The van der Waals surface area contributed by atoms with Gasteiger partial charge in [-0.3, -0.25) is 9.38 Å². The maximum atomic E-state index is 6.29. The average Bonchev–Trinajstić information content (AvgIpc) is 3.51. The highest BCUT2D eigenvalue weighted by atomic mass is 16.3. The summed E-state index contributed by atoms with van der Waals surface area (Å²) in [4.78, 5) is 9.15. The van der Waals surface area contributed by atoms with Crippen LogP contribution in [0.5, 0.6) is 0 Å². The molecule has 0 aliphatic heterocycles. The van der Waals surface area contributed by atoms with Crippen LogP contribution in [0.25, 0.3) is 71.3 Å². The Balaban J connectivity index is 1.59. The first-order chi connectivity index (χ1) is 15.3. The molecule has 0 aliphatic carbocycles. The van der Waals surface area contributed by atoms with E-state index in [2.05, 4.69) is 44.7 Å². The van der Waals surface area contributed by atoms with E-state index in [1.54, 1.807) is 0 Å². The van der Waals surface area contributed by atoms with E-state index in [0.717, 1.165) is 71.3 Å². The first-order valence-electron chi connectivity index (χ1n) is 10.2. The van der Waals surface area contributed by atoms with E-state index in [9.17, 15) is 0 Å². The van der Waals surface area contributed by atoms with E-state index in [1.165, 1.54) is 0 Å². The van der Waals surface area contributed by atoms with Gasteiger partial charge in [0.15, 0.2) is 5.65 Å². The van der Waals surface area contributed by atoms with E-state index in [1.807, 2.05) is 48.9 Å². The molecule has 0 radical (unpaired) electrons. The van der Waals surface area contributed by atoms with Crippen molar-refractivity contribution in [2.24, 2.45) is 0 Å². The summed E-state index contributed by atoms with van der Waals surface area (Å²) in [6.07, 6.45) is 5.60. The van der Waals surface area contributed by atoms with Crippen LogP contribution < -0.4 is 0 Å². The predicted molar refractivity (Wildman–Crippen MR) is 123 cm³/mol. The Hall–Kier alpha value is -4.38. The number of pyridine rings is 2. The molecule has 0 saturated carbocycles. The minimum Gasteiger partial charge on any atom is -0.456 e. The number of hydrogen-bond acceptors (Lipinski definition) is 4. The molecule has 0 saturated heterocycles. The molecule has 0 atom stereocenters. The first kappa shape index (κ1) is 15.5. The monoisotopic (exact) mass is 399 g/mol. The lowest BCUT2D eigenvalue weighted by atomic mass is 10.0. The van der Waals surface area contributed by atoms with Crippen molar-refractivity contribution in [1.82, 2.24) is 14.4 Å². The van der Waals surface area contributed by atoms with Crippen LogP contribution in [0.1, 0.15) is 0 Å². The highest BCUT2D eigenvalue weighted by Gasteiger charge is 2.16. The lowest BCUT2D eigenvalue weighted by molar-refractivity contribution is 0.656. The number of fused-ring (bicyclic) bond motifs is 12. The van der Waals surface area contributed by atoms with Crippen LogP contribution in [0.2, 0.25) is 0 Å². The number of nitrogens with zero attached hydrogens (tertiary/aromatic N) is 3. The summed E-state index contributed by atoms with van der Waals surface area (Å²) in [5.74, 6) is 0. The molecule has 5 nitrogen and oxygen atoms in total. The molecule has 0 N–H and O–H groups in total. The van der Waals surface area contributed by atoms with Gasteiger partial charge in [-0.15, -0.1) is 0 Å². The maximum absolute atomic E-state index is 6.29. The van der Waals surface area contributed by atoms with Crippen molar-refractivity contribution in [3.05, 3.63) is 79.3 Å². The molecule has 3 aromatic carbocycles. The number of hydrogen-bond donors (Lipinski definition) is 0. The molecule has 0 bridgehead atoms. The second-order valence-corrected chi connectivity index (χ2v) is 7.93. The molecule has 5 heterocycles. The van der Waals surface area contributed by atoms with Gasteiger partial charge < -0.3 is 8.83 Å². The molecule has 8 aromatic rings. The van der Waals surface area contributed by atoms with E-state index in [-0.39, 0.29) is 0 Å². The van der Waals surface area contributed by atoms with Gasteiger partial charge in [-0.2, -0.15) is 0 Å². The summed E-state index contributed by atoms with van der Waals surface area (Å²) >= 11 is 0. The highest BCUT2D eigenvalue weighted by Crippen LogP contribution is 2.39. The lowest BCUT2D eigenvalue weighted by Crippen LogP contribution is -1.92. The molecular formula is C26H13N3O2. The van der Waals surface area contributed by atoms with Gasteiger partial charge in [0.2, 0.25) is 0 Å². The van der Waals surface area contributed by atoms with E-state index in [4.69, 9.17) is 8.83 Å². The third-order valence-electron chi connectivity index (χ3n) is 6.30. The second kappa shape index (κ2) is 5.21. The molecule has 5 aromatic heterocycles. The summed E-state index contributed by atoms with van der Waals surface area (Å²) in [5.41, 5.74) is 6.19. The van der Waals surface area contributed by atoms with Crippen molar-refractivity contribution in [3.63, 3.8) is 0 Å². The summed E-state index contributed by atoms with van der Waals surface area (Å²) < 4.78 is 14.4. The van der Waals surface area contributed by atoms with Crippen LogP contribution in [-0.4, -0.2) is 14.4 Å². The molecule has 0 amide bonds. The topological polar surface area (TPSA) is 56.5 Å². The van der Waals surface area contributed by atoms with Crippen LogP contribution >= 0.6 is 0 Å². The zero-order valence-corrected chi connectivity index (χ0v) is 16.2. The fourth-order valence-electron chi connectivity index (χ4n) is 4.92. The summed E-state index contributed by atoms with van der Waals surface area (Å²) in [6, 6.07) is 20.7. The molecule has 144 valence electrons. The van der Waals surface area contributed by atoms with Gasteiger partial charge in [-0.1, -0.05) is 24.3 Å². The zero-order chi connectivity index (χ0) is 20.1. The van der Waals surface area contributed by atoms with Crippen molar-refractivity contribution >= 4 is 71.3 Å². The smallest absolute Gasteiger partial charge is 0.163 e. The minimum absolute atomic E-state index is 0.821. The van der Waals surface area contributed by atoms with Gasteiger partial charge in [0.25, 0.3) is 0 Å². The Labute approximate surface area is 174 Å². The van der Waals surface area contributed by atoms with Crippen LogP contribution in [0.3, 0.4) is 0 Å². The number of imidazole rings is 1. The largest absolute Gasteiger partial charge is 0.456 e. The Morgan fingerprint density at radius 1 is 0.581 bits per heavy atom. The average molecular weight is 399 g/mol. The normalized spacial score (nSPS) is 12.5. The fourth-order valence-corrected chi connectivity index (χ4v) is 4.92. The Morgan fingerprint density at radius 3 is 2.26 bits per heavy atom. The number of aromatic nitrogens is 3. The molecular weight excluding hydrogens is 386 g/mol. The third kappa shape index (κ3) is 1.86. The minimum atomic E-state index is 0.821. The van der Waals surface area contributed by atoms with Gasteiger partial charge in [0, 0.05) is 63.0 Å². The zero-order valence-electron chi connectivity index (χ0n) is 16.2. The van der Waals surface area contributed by atoms with Crippen molar-refractivity contribution in [3.8, 4) is 0 Å². The van der Waals surface area contributed by atoms with Crippen LogP contribution in [0.15, 0.2) is 88.1 Å². The van der Waals surface area contributed by atoms with E-state index >= 15 is 0 Å². The van der Waals surface area contributed by atoms with Gasteiger partial charge in [-0.05, 0) is 24.3 Å². The first-order valence-corrected chi connectivity index (χ1v) is 10.2. The number of para-hydroxylation sites is 1. The number of rotatable bonds is 0. The quantitative estimate of drug-likeness (QED) is 0.262. The Morgan fingerprint density at radius 2 is 1.32 bits per heavy atom. The molecule has 8 rings (SSSR count). The highest BCUT2D eigenvalue weighted by molar-refractivity contribution is 6.20. The van der Waals surface area contributed by atoms with Crippen molar-refractivity contribution in [1.29, 1.82) is 0 Å². The lowest BCUT2D eigenvalue weighted by Gasteiger charge is -2.07. The van der Waals surface area contributed by atoms with Crippen molar-refractivity contribution < 1.29 is 8.83 Å². The van der Waals surface area contributed by atoms with Crippen LogP contribution in [-0.2, 0) is 0 Å². The van der Waals surface area contributed by atoms with Crippen molar-refractivity contribution in [2.45, 2.75) is 0 Å². The molecule has 0 unspecified atom stereocenters. The molecule has 0 spiro atoms. The summed E-state index contributed by atoms with van der Waals surface area (Å²) in [7, 11) is 0. The second-order valence-electron chi connectivity index (χ2n) is 7.93. The van der Waals surface area contributed by atoms with Crippen LogP contribution in [0, 0.1) is 0 Å². The Kier molecular flexibility index (Phi) is 2.60. The Bertz CT molecular complexity index is 2010. The van der Waals surface area contributed by atoms with Gasteiger partial charge in [-0.25, -0.2) is 4.98 Å².